The van der Waals surface area contributed by atoms with Gasteiger partial charge in [0.2, 0.25) is 0 Å². The van der Waals surface area contributed by atoms with E-state index in [1.807, 2.05) is 10.8 Å². The average molecular weight is 246 g/mol. The van der Waals surface area contributed by atoms with Crippen molar-refractivity contribution < 1.29 is 14.6 Å². The molecular weight excluding hydrogens is 232 g/mol. The normalized spacial score (nSPS) is 10.2. The fourth-order valence-corrected chi connectivity index (χ4v) is 1.60. The van der Waals surface area contributed by atoms with E-state index in [-0.39, 0.29) is 11.3 Å². The number of aldehydes is 1. The topological polar surface area (TPSA) is 64.4 Å². The minimum absolute atomic E-state index is 0.102. The maximum atomic E-state index is 10.6. The van der Waals surface area contributed by atoms with E-state index in [2.05, 4.69) is 4.98 Å². The molecule has 0 unspecified atom stereocenters. The van der Waals surface area contributed by atoms with Gasteiger partial charge in [-0.05, 0) is 18.6 Å². The molecule has 0 aliphatic heterocycles. The predicted octanol–water partition coefficient (Wildman–Crippen LogP) is 1.87. The molecule has 0 atom stereocenters. The number of para-hydroxylation sites is 1. The summed E-state index contributed by atoms with van der Waals surface area (Å²) in [6.45, 7) is 1.27. The van der Waals surface area contributed by atoms with E-state index in [0.717, 1.165) is 13.0 Å². The number of nitrogens with zero attached hydrogens (tertiary/aromatic N) is 2. The zero-order valence-corrected chi connectivity index (χ0v) is 9.82. The lowest BCUT2D eigenvalue weighted by molar-refractivity contribution is 0.112. The molecule has 5 nitrogen and oxygen atoms in total. The fraction of sp³-hybridized carbons (Fsp3) is 0.231. The van der Waals surface area contributed by atoms with Gasteiger partial charge in [-0.15, -0.1) is 0 Å². The van der Waals surface area contributed by atoms with Crippen molar-refractivity contribution in [3.8, 4) is 11.5 Å². The lowest BCUT2D eigenvalue weighted by Gasteiger charge is -2.09. The summed E-state index contributed by atoms with van der Waals surface area (Å²) in [7, 11) is 0. The molecule has 18 heavy (non-hydrogen) atoms. The number of aromatic nitrogens is 2. The maximum absolute atomic E-state index is 10.6. The predicted molar refractivity (Wildman–Crippen MR) is 65.8 cm³/mol. The van der Waals surface area contributed by atoms with Gasteiger partial charge in [-0.1, -0.05) is 6.07 Å². The maximum Gasteiger partial charge on any atom is 0.168 e. The number of phenolic OH excluding ortho intramolecular Hbond substituents is 1. The van der Waals surface area contributed by atoms with Gasteiger partial charge in [-0.25, -0.2) is 4.98 Å². The molecule has 0 radical (unpaired) electrons. The number of rotatable bonds is 6. The van der Waals surface area contributed by atoms with Gasteiger partial charge in [0.25, 0.3) is 0 Å². The molecular formula is C13H14N2O3. The van der Waals surface area contributed by atoms with Crippen LogP contribution in [-0.2, 0) is 6.54 Å². The molecule has 0 spiro atoms. The monoisotopic (exact) mass is 246 g/mol. The third-order valence-electron chi connectivity index (χ3n) is 2.53. The van der Waals surface area contributed by atoms with Crippen molar-refractivity contribution in [2.75, 3.05) is 6.61 Å². The standard InChI is InChI=1S/C13H14N2O3/c16-9-11-3-1-4-12(13(11)17)18-8-2-6-15-7-5-14-10-15/h1,3-5,7,9-10,17H,2,6,8H2. The van der Waals surface area contributed by atoms with Crippen molar-refractivity contribution >= 4 is 6.29 Å². The molecule has 0 saturated carbocycles. The Hall–Kier alpha value is -2.30. The molecule has 2 aromatic rings. The molecule has 0 aliphatic rings. The second-order valence-electron chi connectivity index (χ2n) is 3.81. The summed E-state index contributed by atoms with van der Waals surface area (Å²) in [5, 5.41) is 9.70. The molecule has 2 rings (SSSR count). The van der Waals surface area contributed by atoms with E-state index >= 15 is 0 Å². The number of benzene rings is 1. The minimum atomic E-state index is -0.102. The van der Waals surface area contributed by atoms with Crippen LogP contribution in [0.1, 0.15) is 16.8 Å². The Kier molecular flexibility index (Phi) is 3.96. The first-order valence-electron chi connectivity index (χ1n) is 5.67. The first-order chi connectivity index (χ1) is 8.81. The average Bonchev–Trinajstić information content (AvgIpc) is 2.89. The Morgan fingerprint density at radius 1 is 1.44 bits per heavy atom. The lowest BCUT2D eigenvalue weighted by Crippen LogP contribution is -2.03. The van der Waals surface area contributed by atoms with Crippen molar-refractivity contribution in [3.63, 3.8) is 0 Å². The van der Waals surface area contributed by atoms with Crippen LogP contribution in [0.2, 0.25) is 0 Å². The number of hydrogen-bond acceptors (Lipinski definition) is 4. The zero-order chi connectivity index (χ0) is 12.8. The van der Waals surface area contributed by atoms with Crippen LogP contribution in [0.5, 0.6) is 11.5 Å². The number of carbonyl (C=O) groups excluding carboxylic acids is 1. The number of imidazole rings is 1. The van der Waals surface area contributed by atoms with Gasteiger partial charge in [0.1, 0.15) is 0 Å². The van der Waals surface area contributed by atoms with Crippen LogP contribution in [0.15, 0.2) is 36.9 Å². The van der Waals surface area contributed by atoms with Gasteiger partial charge in [-0.2, -0.15) is 0 Å². The third-order valence-corrected chi connectivity index (χ3v) is 2.53. The van der Waals surface area contributed by atoms with Crippen LogP contribution in [-0.4, -0.2) is 27.6 Å². The Balaban J connectivity index is 1.85. The summed E-state index contributed by atoms with van der Waals surface area (Å²) >= 11 is 0. The molecule has 5 heteroatoms. The molecule has 0 saturated heterocycles. The quantitative estimate of drug-likeness (QED) is 0.624. The van der Waals surface area contributed by atoms with E-state index in [4.69, 9.17) is 4.74 Å². The Bertz CT molecular complexity index is 509. The number of aromatic hydroxyl groups is 1. The van der Waals surface area contributed by atoms with Crippen molar-refractivity contribution in [3.05, 3.63) is 42.5 Å². The van der Waals surface area contributed by atoms with Crippen LogP contribution in [0.3, 0.4) is 0 Å². The molecule has 1 aromatic heterocycles. The number of carbonyl (C=O) groups is 1. The summed E-state index contributed by atoms with van der Waals surface area (Å²) in [5.74, 6) is 0.236. The van der Waals surface area contributed by atoms with Crippen LogP contribution < -0.4 is 4.74 Å². The van der Waals surface area contributed by atoms with E-state index < -0.39 is 0 Å². The van der Waals surface area contributed by atoms with Gasteiger partial charge in [0.15, 0.2) is 17.8 Å². The van der Waals surface area contributed by atoms with Gasteiger partial charge in [0.05, 0.1) is 18.5 Å². The molecule has 0 bridgehead atoms. The van der Waals surface area contributed by atoms with E-state index in [1.54, 1.807) is 30.7 Å². The van der Waals surface area contributed by atoms with Gasteiger partial charge in [0, 0.05) is 18.9 Å². The van der Waals surface area contributed by atoms with E-state index in [9.17, 15) is 9.90 Å². The highest BCUT2D eigenvalue weighted by molar-refractivity contribution is 5.80. The molecule has 94 valence electrons. The number of aryl methyl sites for hydroxylation is 1. The number of ether oxygens (including phenoxy) is 1. The fourth-order valence-electron chi connectivity index (χ4n) is 1.60. The summed E-state index contributed by atoms with van der Waals surface area (Å²) in [6.07, 6.45) is 6.74. The molecule has 0 amide bonds. The van der Waals surface area contributed by atoms with Crippen LogP contribution >= 0.6 is 0 Å². The highest BCUT2D eigenvalue weighted by Crippen LogP contribution is 2.28. The second-order valence-corrected chi connectivity index (χ2v) is 3.81. The van der Waals surface area contributed by atoms with Crippen molar-refractivity contribution in [1.82, 2.24) is 9.55 Å². The van der Waals surface area contributed by atoms with Gasteiger partial charge >= 0.3 is 0 Å². The van der Waals surface area contributed by atoms with E-state index in [1.165, 1.54) is 0 Å². The Morgan fingerprint density at radius 2 is 2.33 bits per heavy atom. The van der Waals surface area contributed by atoms with E-state index in [0.29, 0.717) is 18.6 Å². The van der Waals surface area contributed by atoms with Crippen LogP contribution in [0.4, 0.5) is 0 Å². The summed E-state index contributed by atoms with van der Waals surface area (Å²) in [6, 6.07) is 4.86. The molecule has 1 aromatic carbocycles. The van der Waals surface area contributed by atoms with Crippen molar-refractivity contribution in [2.45, 2.75) is 13.0 Å². The highest BCUT2D eigenvalue weighted by Gasteiger charge is 2.06. The van der Waals surface area contributed by atoms with Gasteiger partial charge in [-0.3, -0.25) is 4.79 Å². The summed E-state index contributed by atoms with van der Waals surface area (Å²) in [4.78, 5) is 14.6. The van der Waals surface area contributed by atoms with Crippen molar-refractivity contribution in [2.24, 2.45) is 0 Å². The Labute approximate surface area is 105 Å². The first kappa shape index (κ1) is 12.2. The van der Waals surface area contributed by atoms with Crippen LogP contribution in [0, 0.1) is 0 Å². The third kappa shape index (κ3) is 2.88. The molecule has 1 heterocycles. The smallest absolute Gasteiger partial charge is 0.168 e. The van der Waals surface area contributed by atoms with Crippen LogP contribution in [0.25, 0.3) is 0 Å². The van der Waals surface area contributed by atoms with Crippen molar-refractivity contribution in [1.29, 1.82) is 0 Å². The molecule has 1 N–H and O–H groups in total. The zero-order valence-electron chi connectivity index (χ0n) is 9.82. The highest BCUT2D eigenvalue weighted by atomic mass is 16.5. The second kappa shape index (κ2) is 5.86. The Morgan fingerprint density at radius 3 is 3.06 bits per heavy atom. The van der Waals surface area contributed by atoms with Gasteiger partial charge < -0.3 is 14.4 Å². The largest absolute Gasteiger partial charge is 0.504 e. The minimum Gasteiger partial charge on any atom is -0.504 e. The summed E-state index contributed by atoms with van der Waals surface area (Å²) < 4.78 is 7.38. The molecule has 0 aliphatic carbocycles. The SMILES string of the molecule is O=Cc1cccc(OCCCn2ccnc2)c1O. The first-order valence-corrected chi connectivity index (χ1v) is 5.67. The number of hydrogen-bond donors (Lipinski definition) is 1. The lowest BCUT2D eigenvalue weighted by atomic mass is 10.2. The number of phenols is 1. The molecule has 0 fully saturated rings. The summed E-state index contributed by atoms with van der Waals surface area (Å²) in [5.41, 5.74) is 0.238.